The van der Waals surface area contributed by atoms with Gasteiger partial charge in [0.15, 0.2) is 5.76 Å². The highest BCUT2D eigenvalue weighted by Gasteiger charge is 2.20. The smallest absolute Gasteiger partial charge is 0.187 e. The summed E-state index contributed by atoms with van der Waals surface area (Å²) in [6.45, 7) is 4.11. The molecule has 0 saturated heterocycles. The highest BCUT2D eigenvalue weighted by Crippen LogP contribution is 2.52. The predicted molar refractivity (Wildman–Crippen MR) is 127 cm³/mol. The molecular weight excluding hydrogens is 443 g/mol. The van der Waals surface area contributed by atoms with Crippen LogP contribution in [0.5, 0.6) is 0 Å². The Morgan fingerprint density at radius 1 is 1.00 bits per heavy atom. The van der Waals surface area contributed by atoms with Gasteiger partial charge in [0.2, 0.25) is 0 Å². The zero-order valence-electron chi connectivity index (χ0n) is 18.5. The van der Waals surface area contributed by atoms with Crippen molar-refractivity contribution in [2.24, 2.45) is 0 Å². The molecule has 0 radical (unpaired) electrons. The van der Waals surface area contributed by atoms with Crippen LogP contribution in [0.3, 0.4) is 0 Å². The molecule has 0 spiro atoms. The van der Waals surface area contributed by atoms with Crippen molar-refractivity contribution in [2.45, 2.75) is 30.5 Å². The van der Waals surface area contributed by atoms with Gasteiger partial charge >= 0.3 is 0 Å². The lowest BCUT2D eigenvalue weighted by Gasteiger charge is -2.36. The Balaban J connectivity index is 1.60. The van der Waals surface area contributed by atoms with E-state index in [2.05, 4.69) is 20.4 Å². The summed E-state index contributed by atoms with van der Waals surface area (Å²) in [5.41, 5.74) is 3.34. The van der Waals surface area contributed by atoms with Crippen molar-refractivity contribution < 1.29 is 18.0 Å². The van der Waals surface area contributed by atoms with Crippen LogP contribution >= 0.6 is 10.6 Å². The highest BCUT2D eigenvalue weighted by atomic mass is 32.3. The molecular formula is C24H25FN4O3S. The minimum absolute atomic E-state index is 0.281. The van der Waals surface area contributed by atoms with Gasteiger partial charge in [0.25, 0.3) is 0 Å². The highest BCUT2D eigenvalue weighted by molar-refractivity contribution is 8.24. The predicted octanol–water partition coefficient (Wildman–Crippen LogP) is 5.84. The largest absolute Gasteiger partial charge is 0.354 e. The molecule has 7 nitrogen and oxygen atoms in total. The van der Waals surface area contributed by atoms with Crippen molar-refractivity contribution in [3.63, 3.8) is 0 Å². The molecule has 2 heterocycles. The number of benzene rings is 2. The number of aromatic nitrogens is 3. The molecule has 0 aliphatic rings. The third-order valence-electron chi connectivity index (χ3n) is 5.24. The van der Waals surface area contributed by atoms with Crippen molar-refractivity contribution in [1.29, 1.82) is 0 Å². The molecule has 2 aromatic heterocycles. The number of rotatable bonds is 7. The van der Waals surface area contributed by atoms with Gasteiger partial charge in [-0.15, -0.1) is 0 Å². The van der Waals surface area contributed by atoms with E-state index in [1.165, 1.54) is 6.07 Å². The standard InChI is InChI=1S/C24H25FN4O3S/c1-15(2)33(30,31)18-7-5-17(6-8-18)22-13-27-14-23(28-22)24-11-21(29-32-24)19-9-4-16(12-26-3)10-20(19)25/h4-11,13-15,26,30-31H,12H2,1-3H3. The first kappa shape index (κ1) is 23.1. The molecule has 4 aromatic rings. The number of hydrogen-bond donors (Lipinski definition) is 3. The van der Waals surface area contributed by atoms with E-state index in [0.717, 1.165) is 11.1 Å². The Morgan fingerprint density at radius 3 is 2.39 bits per heavy atom. The van der Waals surface area contributed by atoms with Gasteiger partial charge in [-0.1, -0.05) is 23.4 Å². The molecule has 0 bridgehead atoms. The minimum Gasteiger partial charge on any atom is -0.354 e. The lowest BCUT2D eigenvalue weighted by Crippen LogP contribution is -2.10. The number of nitrogens with zero attached hydrogens (tertiary/aromatic N) is 3. The van der Waals surface area contributed by atoms with Crippen molar-refractivity contribution in [3.05, 3.63) is 72.3 Å². The summed E-state index contributed by atoms with van der Waals surface area (Å²) in [7, 11) is -1.05. The van der Waals surface area contributed by atoms with E-state index >= 15 is 0 Å². The molecule has 3 N–H and O–H groups in total. The number of halogens is 1. The first-order chi connectivity index (χ1) is 15.8. The molecule has 33 heavy (non-hydrogen) atoms. The van der Waals surface area contributed by atoms with Crippen molar-refractivity contribution in [1.82, 2.24) is 20.4 Å². The van der Waals surface area contributed by atoms with Gasteiger partial charge in [-0.2, -0.15) is 10.6 Å². The summed E-state index contributed by atoms with van der Waals surface area (Å²) >= 11 is 0. The second-order valence-electron chi connectivity index (χ2n) is 7.88. The summed E-state index contributed by atoms with van der Waals surface area (Å²) in [6.07, 6.45) is 3.15. The lowest BCUT2D eigenvalue weighted by molar-refractivity contribution is 0.433. The minimum atomic E-state index is -2.85. The van der Waals surface area contributed by atoms with Crippen LogP contribution in [0, 0.1) is 5.82 Å². The van der Waals surface area contributed by atoms with E-state index in [1.807, 2.05) is 6.07 Å². The second kappa shape index (κ2) is 9.40. The maximum atomic E-state index is 14.6. The van der Waals surface area contributed by atoms with Crippen LogP contribution in [0.1, 0.15) is 19.4 Å². The van der Waals surface area contributed by atoms with Crippen molar-refractivity contribution in [3.8, 4) is 34.0 Å². The van der Waals surface area contributed by atoms with Crippen LogP contribution in [0.2, 0.25) is 0 Å². The molecule has 0 saturated carbocycles. The average Bonchev–Trinajstić information content (AvgIpc) is 3.29. The molecule has 0 amide bonds. The van der Waals surface area contributed by atoms with E-state index in [0.29, 0.717) is 39.8 Å². The number of hydrogen-bond acceptors (Lipinski definition) is 7. The molecule has 9 heteroatoms. The Labute approximate surface area is 193 Å². The fourth-order valence-corrected chi connectivity index (χ4v) is 4.41. The fourth-order valence-electron chi connectivity index (χ4n) is 3.33. The van der Waals surface area contributed by atoms with Gasteiger partial charge in [-0.05, 0) is 50.7 Å². The first-order valence-electron chi connectivity index (χ1n) is 10.4. The lowest BCUT2D eigenvalue weighted by atomic mass is 10.1. The summed E-state index contributed by atoms with van der Waals surface area (Å²) in [5, 5.41) is 6.71. The quantitative estimate of drug-likeness (QED) is 0.313. The van der Waals surface area contributed by atoms with Gasteiger partial charge in [-0.25, -0.2) is 9.37 Å². The van der Waals surface area contributed by atoms with Gasteiger partial charge < -0.3 is 9.84 Å². The zero-order valence-corrected chi connectivity index (χ0v) is 19.3. The van der Waals surface area contributed by atoms with E-state index in [9.17, 15) is 13.5 Å². The van der Waals surface area contributed by atoms with Crippen LogP contribution in [0.4, 0.5) is 4.39 Å². The van der Waals surface area contributed by atoms with Crippen molar-refractivity contribution >= 4 is 10.6 Å². The van der Waals surface area contributed by atoms with Gasteiger partial charge in [0.05, 0.1) is 23.0 Å². The molecule has 2 aromatic carbocycles. The van der Waals surface area contributed by atoms with Crippen LogP contribution in [0.25, 0.3) is 34.0 Å². The van der Waals surface area contributed by atoms with E-state index < -0.39 is 10.6 Å². The summed E-state index contributed by atoms with van der Waals surface area (Å²) < 4.78 is 40.6. The van der Waals surface area contributed by atoms with Crippen LogP contribution in [-0.2, 0) is 6.54 Å². The molecule has 0 aliphatic carbocycles. The normalized spacial score (nSPS) is 12.3. The number of nitrogens with one attached hydrogen (secondary N) is 1. The maximum Gasteiger partial charge on any atom is 0.187 e. The van der Waals surface area contributed by atoms with Gasteiger partial charge in [0.1, 0.15) is 17.2 Å². The Bertz CT molecular complexity index is 1260. The second-order valence-corrected chi connectivity index (χ2v) is 10.5. The monoisotopic (exact) mass is 468 g/mol. The summed E-state index contributed by atoms with van der Waals surface area (Å²) in [5.74, 6) is -0.0152. The topological polar surface area (TPSA) is 104 Å². The van der Waals surface area contributed by atoms with Gasteiger partial charge in [-0.3, -0.25) is 14.1 Å². The SMILES string of the molecule is CNCc1ccc(-c2cc(-c3cncc(-c4ccc(S(O)(O)C(C)C)cc4)n3)on2)c(F)c1. The molecule has 0 aliphatic heterocycles. The first-order valence-corrected chi connectivity index (χ1v) is 12.0. The third kappa shape index (κ3) is 4.81. The summed E-state index contributed by atoms with van der Waals surface area (Å²) in [4.78, 5) is 9.31. The molecule has 0 fully saturated rings. The van der Waals surface area contributed by atoms with Crippen LogP contribution in [0.15, 0.2) is 70.3 Å². The third-order valence-corrected chi connectivity index (χ3v) is 7.52. The average molecular weight is 469 g/mol. The van der Waals surface area contributed by atoms with E-state index in [1.54, 1.807) is 69.7 Å². The molecule has 0 atom stereocenters. The van der Waals surface area contributed by atoms with Crippen LogP contribution < -0.4 is 5.32 Å². The van der Waals surface area contributed by atoms with Gasteiger partial charge in [0, 0.05) is 29.0 Å². The van der Waals surface area contributed by atoms with E-state index in [-0.39, 0.29) is 11.1 Å². The zero-order chi connectivity index (χ0) is 23.6. The Hall–Kier alpha value is -3.11. The molecule has 172 valence electrons. The van der Waals surface area contributed by atoms with Crippen molar-refractivity contribution in [2.75, 3.05) is 7.05 Å². The molecule has 0 unspecified atom stereocenters. The Kier molecular flexibility index (Phi) is 6.57. The summed E-state index contributed by atoms with van der Waals surface area (Å²) in [6, 6.07) is 13.5. The van der Waals surface area contributed by atoms with Crippen LogP contribution in [-0.4, -0.2) is 36.5 Å². The molecule has 4 rings (SSSR count). The Morgan fingerprint density at radius 2 is 1.73 bits per heavy atom. The maximum absolute atomic E-state index is 14.6. The van der Waals surface area contributed by atoms with E-state index in [4.69, 9.17) is 4.52 Å². The fraction of sp³-hybridized carbons (Fsp3) is 0.208.